The van der Waals surface area contributed by atoms with Crippen LogP contribution in [0, 0.1) is 5.92 Å². The summed E-state index contributed by atoms with van der Waals surface area (Å²) in [7, 11) is 0. The van der Waals surface area contributed by atoms with Gasteiger partial charge in [0.2, 0.25) is 0 Å². The van der Waals surface area contributed by atoms with Gasteiger partial charge in [0.05, 0.1) is 0 Å². The van der Waals surface area contributed by atoms with Crippen LogP contribution >= 0.6 is 15.9 Å². The molecule has 1 heterocycles. The quantitative estimate of drug-likeness (QED) is 0.664. The Kier molecular flexibility index (Phi) is 4.04. The first-order chi connectivity index (χ1) is 5.65. The Hall–Kier alpha value is 0.440. The fourth-order valence-electron chi connectivity index (χ4n) is 1.81. The molecule has 0 aromatic heterocycles. The molecule has 1 aliphatic heterocycles. The molecule has 0 spiro atoms. The first-order valence-electron chi connectivity index (χ1n) is 5.03. The molecule has 0 amide bonds. The van der Waals surface area contributed by atoms with Crippen molar-refractivity contribution in [3.8, 4) is 0 Å². The number of likely N-dealkylation sites (tertiary alicyclic amines) is 1. The van der Waals surface area contributed by atoms with Crippen molar-refractivity contribution in [2.24, 2.45) is 5.92 Å². The Bertz CT molecular complexity index is 138. The number of piperidine rings is 1. The van der Waals surface area contributed by atoms with E-state index in [4.69, 9.17) is 0 Å². The van der Waals surface area contributed by atoms with E-state index >= 15 is 0 Å². The predicted molar refractivity (Wildman–Crippen MR) is 57.8 cm³/mol. The molecule has 0 N–H and O–H groups in total. The first-order valence-corrected chi connectivity index (χ1v) is 5.94. The van der Waals surface area contributed by atoms with E-state index in [0.29, 0.717) is 0 Å². The maximum atomic E-state index is 3.73. The first kappa shape index (κ1) is 10.5. The largest absolute Gasteiger partial charge is 0.300 e. The molecule has 1 aliphatic rings. The van der Waals surface area contributed by atoms with Crippen LogP contribution in [0.3, 0.4) is 0 Å². The highest BCUT2D eigenvalue weighted by Gasteiger charge is 2.25. The minimum atomic E-state index is 0.748. The van der Waals surface area contributed by atoms with Crippen LogP contribution < -0.4 is 0 Å². The number of hydrogen-bond acceptors (Lipinski definition) is 1. The minimum absolute atomic E-state index is 0.748. The van der Waals surface area contributed by atoms with Crippen molar-refractivity contribution in [2.45, 2.75) is 44.5 Å². The smallest absolute Gasteiger partial charge is 0.0195 e. The zero-order chi connectivity index (χ0) is 9.14. The van der Waals surface area contributed by atoms with Crippen molar-refractivity contribution in [3.05, 3.63) is 0 Å². The van der Waals surface area contributed by atoms with Crippen LogP contribution in [0.4, 0.5) is 0 Å². The molecule has 12 heavy (non-hydrogen) atoms. The van der Waals surface area contributed by atoms with Crippen LogP contribution in [0.25, 0.3) is 0 Å². The number of alkyl halides is 1. The van der Waals surface area contributed by atoms with Gasteiger partial charge < -0.3 is 4.90 Å². The lowest BCUT2D eigenvalue weighted by molar-refractivity contribution is 0.141. The summed E-state index contributed by atoms with van der Waals surface area (Å²) >= 11 is 3.73. The Morgan fingerprint density at radius 1 is 1.58 bits per heavy atom. The molecule has 1 saturated heterocycles. The van der Waals surface area contributed by atoms with Crippen LogP contribution in [-0.4, -0.2) is 28.9 Å². The predicted octanol–water partition coefficient (Wildman–Crippen LogP) is 2.89. The summed E-state index contributed by atoms with van der Waals surface area (Å²) in [6.07, 6.45) is 2.59. The molecule has 0 aromatic rings. The van der Waals surface area contributed by atoms with Gasteiger partial charge in [-0.25, -0.2) is 0 Å². The molecule has 1 rings (SSSR count). The lowest BCUT2D eigenvalue weighted by Gasteiger charge is -2.37. The zero-order valence-corrected chi connectivity index (χ0v) is 9.97. The fourth-order valence-corrected chi connectivity index (χ4v) is 2.18. The van der Waals surface area contributed by atoms with E-state index in [1.54, 1.807) is 0 Å². The van der Waals surface area contributed by atoms with Gasteiger partial charge in [0.1, 0.15) is 0 Å². The van der Waals surface area contributed by atoms with Crippen LogP contribution in [0.15, 0.2) is 0 Å². The minimum Gasteiger partial charge on any atom is -0.300 e. The van der Waals surface area contributed by atoms with Crippen LogP contribution in [0.2, 0.25) is 0 Å². The van der Waals surface area contributed by atoms with Crippen molar-refractivity contribution in [3.63, 3.8) is 0 Å². The summed E-state index contributed by atoms with van der Waals surface area (Å²) in [4.78, 5) is 3.36. The zero-order valence-electron chi connectivity index (χ0n) is 8.39. The van der Waals surface area contributed by atoms with Crippen molar-refractivity contribution < 1.29 is 0 Å². The van der Waals surface area contributed by atoms with Gasteiger partial charge in [0.15, 0.2) is 0 Å². The Balaban J connectivity index is 2.39. The van der Waals surface area contributed by atoms with E-state index < -0.39 is 0 Å². The van der Waals surface area contributed by atoms with E-state index in [2.05, 4.69) is 41.6 Å². The number of nitrogens with zero attached hydrogens (tertiary/aromatic N) is 1. The molecular formula is C10H20BrN. The van der Waals surface area contributed by atoms with Crippen LogP contribution in [-0.2, 0) is 0 Å². The number of halogens is 1. The molecule has 0 bridgehead atoms. The van der Waals surface area contributed by atoms with Gasteiger partial charge in [-0.05, 0) is 32.2 Å². The van der Waals surface area contributed by atoms with Crippen molar-refractivity contribution >= 4 is 15.9 Å². The molecule has 1 fully saturated rings. The van der Waals surface area contributed by atoms with Gasteiger partial charge in [0, 0.05) is 17.4 Å². The summed E-state index contributed by atoms with van der Waals surface area (Å²) in [5.41, 5.74) is 0. The molecule has 72 valence electrons. The van der Waals surface area contributed by atoms with Gasteiger partial charge in [-0.3, -0.25) is 0 Å². The van der Waals surface area contributed by atoms with Gasteiger partial charge in [-0.1, -0.05) is 29.8 Å². The molecule has 2 heteroatoms. The third kappa shape index (κ3) is 2.46. The van der Waals surface area contributed by atoms with Gasteiger partial charge >= 0.3 is 0 Å². The second kappa shape index (κ2) is 4.61. The van der Waals surface area contributed by atoms with Crippen molar-refractivity contribution in [1.82, 2.24) is 4.90 Å². The Labute approximate surface area is 84.6 Å². The lowest BCUT2D eigenvalue weighted by atomic mass is 9.98. The molecule has 0 aromatic carbocycles. The SMILES string of the molecule is CCC(C)N1CCC(Br)C(C)C1. The number of rotatable bonds is 2. The molecule has 3 unspecified atom stereocenters. The topological polar surface area (TPSA) is 3.24 Å². The molecule has 3 atom stereocenters. The average molecular weight is 234 g/mol. The van der Waals surface area contributed by atoms with E-state index in [0.717, 1.165) is 16.8 Å². The molecular weight excluding hydrogens is 214 g/mol. The third-order valence-electron chi connectivity index (χ3n) is 3.05. The summed E-state index contributed by atoms with van der Waals surface area (Å²) < 4.78 is 0. The Morgan fingerprint density at radius 2 is 2.25 bits per heavy atom. The van der Waals surface area contributed by atoms with Crippen LogP contribution in [0.1, 0.15) is 33.6 Å². The summed E-state index contributed by atoms with van der Waals surface area (Å²) in [6.45, 7) is 9.49. The summed E-state index contributed by atoms with van der Waals surface area (Å²) in [5.74, 6) is 0.813. The van der Waals surface area contributed by atoms with Crippen molar-refractivity contribution in [2.75, 3.05) is 13.1 Å². The van der Waals surface area contributed by atoms with Gasteiger partial charge in [0.25, 0.3) is 0 Å². The Morgan fingerprint density at radius 3 is 2.75 bits per heavy atom. The second-order valence-electron chi connectivity index (χ2n) is 4.03. The highest BCUT2D eigenvalue weighted by molar-refractivity contribution is 9.09. The summed E-state index contributed by atoms with van der Waals surface area (Å²) in [6, 6.07) is 0.771. The van der Waals surface area contributed by atoms with Gasteiger partial charge in [-0.2, -0.15) is 0 Å². The average Bonchev–Trinajstić information content (AvgIpc) is 2.08. The molecule has 0 aliphatic carbocycles. The monoisotopic (exact) mass is 233 g/mol. The molecule has 1 nitrogen and oxygen atoms in total. The highest BCUT2D eigenvalue weighted by atomic mass is 79.9. The van der Waals surface area contributed by atoms with E-state index in [-0.39, 0.29) is 0 Å². The maximum Gasteiger partial charge on any atom is 0.0195 e. The van der Waals surface area contributed by atoms with Crippen molar-refractivity contribution in [1.29, 1.82) is 0 Å². The molecule has 0 radical (unpaired) electrons. The third-order valence-corrected chi connectivity index (χ3v) is 4.41. The standard InChI is InChI=1S/C10H20BrN/c1-4-9(3)12-6-5-10(11)8(2)7-12/h8-10H,4-7H2,1-3H3. The number of hydrogen-bond donors (Lipinski definition) is 0. The normalized spacial score (nSPS) is 35.0. The van der Waals surface area contributed by atoms with E-state index in [9.17, 15) is 0 Å². The fraction of sp³-hybridized carbons (Fsp3) is 1.00. The van der Waals surface area contributed by atoms with E-state index in [1.165, 1.54) is 25.9 Å². The van der Waals surface area contributed by atoms with E-state index in [1.807, 2.05) is 0 Å². The lowest BCUT2D eigenvalue weighted by Crippen LogP contribution is -2.44. The summed E-state index contributed by atoms with van der Waals surface area (Å²) in [5, 5.41) is 0. The highest BCUT2D eigenvalue weighted by Crippen LogP contribution is 2.24. The van der Waals surface area contributed by atoms with Gasteiger partial charge in [-0.15, -0.1) is 0 Å². The molecule has 0 saturated carbocycles. The second-order valence-corrected chi connectivity index (χ2v) is 5.21. The van der Waals surface area contributed by atoms with Crippen LogP contribution in [0.5, 0.6) is 0 Å². The maximum absolute atomic E-state index is 3.73.